The zero-order chi connectivity index (χ0) is 14.7. The second-order valence-electron chi connectivity index (χ2n) is 6.17. The molecule has 0 bridgehead atoms. The number of carbonyl (C=O) groups is 1. The highest BCUT2D eigenvalue weighted by molar-refractivity contribution is 5.79. The quantitative estimate of drug-likeness (QED) is 0.920. The Morgan fingerprint density at radius 3 is 2.71 bits per heavy atom. The van der Waals surface area contributed by atoms with Crippen molar-refractivity contribution in [3.8, 4) is 6.07 Å². The maximum absolute atomic E-state index is 12.2. The molecule has 1 aliphatic heterocycles. The van der Waals surface area contributed by atoms with Crippen molar-refractivity contribution in [3.63, 3.8) is 0 Å². The van der Waals surface area contributed by atoms with Crippen molar-refractivity contribution in [1.82, 2.24) is 10.2 Å². The third-order valence-electron chi connectivity index (χ3n) is 4.29. The first-order valence-electron chi connectivity index (χ1n) is 7.76. The number of rotatable bonds is 4. The molecular formula is C17H21N3O. The molecule has 4 heteroatoms. The molecule has 1 amide bonds. The molecule has 1 unspecified atom stereocenters. The highest BCUT2D eigenvalue weighted by Gasteiger charge is 2.30. The maximum atomic E-state index is 12.2. The van der Waals surface area contributed by atoms with Crippen molar-refractivity contribution in [2.45, 2.75) is 38.3 Å². The fraction of sp³-hybridized carbons (Fsp3) is 0.529. The lowest BCUT2D eigenvalue weighted by Crippen LogP contribution is -2.43. The molecule has 1 heterocycles. The lowest BCUT2D eigenvalue weighted by atomic mass is 9.96. The average molecular weight is 283 g/mol. The Morgan fingerprint density at radius 1 is 1.29 bits per heavy atom. The van der Waals surface area contributed by atoms with Crippen molar-refractivity contribution in [1.29, 1.82) is 5.26 Å². The van der Waals surface area contributed by atoms with Gasteiger partial charge in [0.05, 0.1) is 17.6 Å². The Kier molecular flexibility index (Phi) is 4.21. The fourth-order valence-corrected chi connectivity index (χ4v) is 2.90. The number of benzene rings is 1. The van der Waals surface area contributed by atoms with Gasteiger partial charge in [-0.25, -0.2) is 0 Å². The highest BCUT2D eigenvalue weighted by Crippen LogP contribution is 2.23. The molecule has 110 valence electrons. The molecule has 0 radical (unpaired) electrons. The van der Waals surface area contributed by atoms with Crippen molar-refractivity contribution in [2.75, 3.05) is 13.1 Å². The van der Waals surface area contributed by atoms with Crippen molar-refractivity contribution in [3.05, 3.63) is 35.4 Å². The Labute approximate surface area is 125 Å². The molecule has 3 rings (SSSR count). The van der Waals surface area contributed by atoms with E-state index < -0.39 is 0 Å². The Morgan fingerprint density at radius 2 is 2.05 bits per heavy atom. The van der Waals surface area contributed by atoms with Gasteiger partial charge in [0, 0.05) is 19.1 Å². The summed E-state index contributed by atoms with van der Waals surface area (Å²) in [6.45, 7) is 2.75. The van der Waals surface area contributed by atoms with Crippen LogP contribution in [0.3, 0.4) is 0 Å². The number of nitrogens with zero attached hydrogens (tertiary/aromatic N) is 2. The number of hydrogen-bond donors (Lipinski definition) is 1. The van der Waals surface area contributed by atoms with Crippen LogP contribution in [0.5, 0.6) is 0 Å². The molecule has 2 fully saturated rings. The summed E-state index contributed by atoms with van der Waals surface area (Å²) in [7, 11) is 0. The molecule has 0 spiro atoms. The van der Waals surface area contributed by atoms with Gasteiger partial charge in [0.1, 0.15) is 0 Å². The third-order valence-corrected chi connectivity index (χ3v) is 4.29. The van der Waals surface area contributed by atoms with E-state index in [0.29, 0.717) is 11.6 Å². The van der Waals surface area contributed by atoms with E-state index in [0.717, 1.165) is 45.3 Å². The van der Waals surface area contributed by atoms with Crippen LogP contribution in [0, 0.1) is 17.2 Å². The first-order valence-corrected chi connectivity index (χ1v) is 7.76. The van der Waals surface area contributed by atoms with Crippen molar-refractivity contribution < 1.29 is 4.79 Å². The van der Waals surface area contributed by atoms with Gasteiger partial charge < -0.3 is 5.32 Å². The van der Waals surface area contributed by atoms with E-state index in [2.05, 4.69) is 16.3 Å². The number of nitrogens with one attached hydrogen (secondary N) is 1. The summed E-state index contributed by atoms with van der Waals surface area (Å²) in [5, 5.41) is 11.9. The molecule has 1 aromatic carbocycles. The van der Waals surface area contributed by atoms with Crippen LogP contribution in [0.2, 0.25) is 0 Å². The predicted octanol–water partition coefficient (Wildman–Crippen LogP) is 2.05. The van der Waals surface area contributed by atoms with E-state index in [1.165, 1.54) is 5.56 Å². The Balaban J connectivity index is 1.55. The average Bonchev–Trinajstić information content (AvgIpc) is 3.32. The van der Waals surface area contributed by atoms with E-state index in [-0.39, 0.29) is 11.8 Å². The molecule has 1 saturated heterocycles. The summed E-state index contributed by atoms with van der Waals surface area (Å²) in [6, 6.07) is 10.3. The Bertz CT molecular complexity index is 542. The van der Waals surface area contributed by atoms with Gasteiger partial charge in [-0.2, -0.15) is 5.26 Å². The zero-order valence-corrected chi connectivity index (χ0v) is 12.2. The van der Waals surface area contributed by atoms with Crippen LogP contribution in [0.4, 0.5) is 0 Å². The number of nitriles is 1. The summed E-state index contributed by atoms with van der Waals surface area (Å²) >= 11 is 0. The van der Waals surface area contributed by atoms with E-state index in [1.807, 2.05) is 24.3 Å². The number of likely N-dealkylation sites (tertiary alicyclic amines) is 1. The monoisotopic (exact) mass is 283 g/mol. The maximum Gasteiger partial charge on any atom is 0.224 e. The second kappa shape index (κ2) is 6.28. The topological polar surface area (TPSA) is 56.1 Å². The van der Waals surface area contributed by atoms with Gasteiger partial charge in [0.2, 0.25) is 5.91 Å². The van der Waals surface area contributed by atoms with Gasteiger partial charge >= 0.3 is 0 Å². The molecule has 4 nitrogen and oxygen atoms in total. The van der Waals surface area contributed by atoms with Crippen molar-refractivity contribution in [2.24, 2.45) is 5.92 Å². The van der Waals surface area contributed by atoms with Gasteiger partial charge in [-0.05, 0) is 49.9 Å². The zero-order valence-electron chi connectivity index (χ0n) is 12.2. The lowest BCUT2D eigenvalue weighted by Gasteiger charge is -2.32. The van der Waals surface area contributed by atoms with Crippen LogP contribution in [0.15, 0.2) is 24.3 Å². The minimum atomic E-state index is 0.137. The number of carbonyl (C=O) groups excluding carboxylic acids is 1. The first kappa shape index (κ1) is 14.1. The molecule has 1 saturated carbocycles. The molecule has 0 aromatic heterocycles. The molecule has 1 N–H and O–H groups in total. The summed E-state index contributed by atoms with van der Waals surface area (Å²) < 4.78 is 0. The normalized spacial score (nSPS) is 22.5. The summed E-state index contributed by atoms with van der Waals surface area (Å²) in [6.07, 6.45) is 4.38. The second-order valence-corrected chi connectivity index (χ2v) is 6.17. The van der Waals surface area contributed by atoms with Gasteiger partial charge in [0.25, 0.3) is 0 Å². The molecule has 2 aliphatic rings. The van der Waals surface area contributed by atoms with E-state index in [4.69, 9.17) is 5.26 Å². The van der Waals surface area contributed by atoms with Gasteiger partial charge in [-0.3, -0.25) is 9.69 Å². The third kappa shape index (κ3) is 3.83. The van der Waals surface area contributed by atoms with E-state index in [9.17, 15) is 4.79 Å². The predicted molar refractivity (Wildman–Crippen MR) is 80.3 cm³/mol. The molecule has 1 atom stereocenters. The van der Waals surface area contributed by atoms with Gasteiger partial charge in [0.15, 0.2) is 0 Å². The number of piperidine rings is 1. The molecule has 1 aromatic rings. The lowest BCUT2D eigenvalue weighted by molar-refractivity contribution is -0.126. The summed E-state index contributed by atoms with van der Waals surface area (Å²) in [5.74, 6) is 0.375. The van der Waals surface area contributed by atoms with Gasteiger partial charge in [-0.1, -0.05) is 12.1 Å². The number of amides is 1. The molecule has 21 heavy (non-hydrogen) atoms. The molecule has 1 aliphatic carbocycles. The van der Waals surface area contributed by atoms with Gasteiger partial charge in [-0.15, -0.1) is 0 Å². The van der Waals surface area contributed by atoms with Crippen LogP contribution in [-0.2, 0) is 11.3 Å². The van der Waals surface area contributed by atoms with Crippen LogP contribution in [0.1, 0.15) is 36.8 Å². The fourth-order valence-electron chi connectivity index (χ4n) is 2.90. The van der Waals surface area contributed by atoms with Crippen LogP contribution >= 0.6 is 0 Å². The number of hydrogen-bond acceptors (Lipinski definition) is 3. The summed E-state index contributed by atoms with van der Waals surface area (Å²) in [4.78, 5) is 14.5. The van der Waals surface area contributed by atoms with E-state index >= 15 is 0 Å². The summed E-state index contributed by atoms with van der Waals surface area (Å²) in [5.41, 5.74) is 1.90. The van der Waals surface area contributed by atoms with Crippen LogP contribution in [0.25, 0.3) is 0 Å². The van der Waals surface area contributed by atoms with Crippen LogP contribution < -0.4 is 5.32 Å². The minimum Gasteiger partial charge on any atom is -0.353 e. The highest BCUT2D eigenvalue weighted by atomic mass is 16.2. The van der Waals surface area contributed by atoms with Crippen LogP contribution in [-0.4, -0.2) is 29.9 Å². The molecular weight excluding hydrogens is 262 g/mol. The first-order chi connectivity index (χ1) is 10.2. The minimum absolute atomic E-state index is 0.137. The standard InChI is InChI=1S/C17H21N3O/c18-10-13-3-5-14(6-4-13)11-20-9-1-2-15(12-20)17(21)19-16-7-8-16/h3-6,15-16H,1-2,7-9,11-12H2,(H,19,21). The van der Waals surface area contributed by atoms with Crippen molar-refractivity contribution >= 4 is 5.91 Å². The SMILES string of the molecule is N#Cc1ccc(CN2CCCC(C(=O)NC3CC3)C2)cc1. The largest absolute Gasteiger partial charge is 0.353 e. The van der Waals surface area contributed by atoms with E-state index in [1.54, 1.807) is 0 Å². The Hall–Kier alpha value is -1.86. The smallest absolute Gasteiger partial charge is 0.224 e.